The number of amides is 1. The highest BCUT2D eigenvalue weighted by molar-refractivity contribution is 5.67. The van der Waals surface area contributed by atoms with Crippen molar-refractivity contribution in [2.24, 2.45) is 0 Å². The number of hydrogen-bond donors (Lipinski definition) is 3. The molecular weight excluding hydrogens is 339 g/mol. The summed E-state index contributed by atoms with van der Waals surface area (Å²) in [4.78, 5) is 11.6. The van der Waals surface area contributed by atoms with Crippen LogP contribution >= 0.6 is 0 Å². The van der Waals surface area contributed by atoms with Crippen LogP contribution in [0.2, 0.25) is 0 Å². The zero-order chi connectivity index (χ0) is 18.9. The van der Waals surface area contributed by atoms with Crippen molar-refractivity contribution >= 4 is 6.09 Å². The van der Waals surface area contributed by atoms with Crippen LogP contribution in [-0.2, 0) is 11.3 Å². The summed E-state index contributed by atoms with van der Waals surface area (Å²) >= 11 is 0. The molecule has 0 aliphatic rings. The van der Waals surface area contributed by atoms with Crippen LogP contribution in [0.3, 0.4) is 0 Å². The quantitative estimate of drug-likeness (QED) is 0.705. The summed E-state index contributed by atoms with van der Waals surface area (Å²) in [6.45, 7) is 0.201. The number of hydrogen-bond acceptors (Lipinski definition) is 5. The van der Waals surface area contributed by atoms with Crippen LogP contribution in [-0.4, -0.2) is 29.0 Å². The van der Waals surface area contributed by atoms with Crippen molar-refractivity contribution in [2.75, 3.05) is 6.54 Å². The summed E-state index contributed by atoms with van der Waals surface area (Å²) in [5, 5.41) is 31.2. The van der Waals surface area contributed by atoms with E-state index in [1.54, 1.807) is 6.07 Å². The molecule has 7 heteroatoms. The molecule has 0 aromatic heterocycles. The average molecular weight is 358 g/mol. The van der Waals surface area contributed by atoms with Gasteiger partial charge >= 0.3 is 6.09 Å². The van der Waals surface area contributed by atoms with Crippen LogP contribution in [0.1, 0.15) is 29.2 Å². The number of nitrogens with zero attached hydrogens (tertiary/aromatic N) is 1. The van der Waals surface area contributed by atoms with Crippen LogP contribution in [0.4, 0.5) is 9.18 Å². The van der Waals surface area contributed by atoms with Crippen molar-refractivity contribution in [1.29, 1.82) is 5.26 Å². The van der Waals surface area contributed by atoms with Crippen LogP contribution < -0.4 is 5.32 Å². The zero-order valence-electron chi connectivity index (χ0n) is 13.9. The highest BCUT2D eigenvalue weighted by Crippen LogP contribution is 2.21. The van der Waals surface area contributed by atoms with Crippen molar-refractivity contribution in [1.82, 2.24) is 5.32 Å². The van der Waals surface area contributed by atoms with Crippen molar-refractivity contribution in [3.8, 4) is 6.07 Å². The molecule has 0 saturated heterocycles. The van der Waals surface area contributed by atoms with E-state index >= 15 is 0 Å². The Morgan fingerprint density at radius 3 is 2.62 bits per heavy atom. The van der Waals surface area contributed by atoms with Gasteiger partial charge in [-0.15, -0.1) is 0 Å². The van der Waals surface area contributed by atoms with Gasteiger partial charge in [0.15, 0.2) is 0 Å². The molecule has 136 valence electrons. The Kier molecular flexibility index (Phi) is 7.09. The number of aliphatic hydroxyl groups is 2. The third-order valence-electron chi connectivity index (χ3n) is 3.74. The first-order chi connectivity index (χ1) is 12.5. The van der Waals surface area contributed by atoms with Gasteiger partial charge < -0.3 is 20.3 Å². The van der Waals surface area contributed by atoms with E-state index in [9.17, 15) is 19.4 Å². The molecule has 0 radical (unpaired) electrons. The maximum Gasteiger partial charge on any atom is 0.407 e. The van der Waals surface area contributed by atoms with E-state index in [-0.39, 0.29) is 30.7 Å². The first-order valence-corrected chi connectivity index (χ1v) is 8.01. The molecule has 0 bridgehead atoms. The predicted molar refractivity (Wildman–Crippen MR) is 91.3 cm³/mol. The van der Waals surface area contributed by atoms with E-state index in [1.165, 1.54) is 12.1 Å². The number of benzene rings is 2. The van der Waals surface area contributed by atoms with Crippen LogP contribution in [0.5, 0.6) is 0 Å². The summed E-state index contributed by atoms with van der Waals surface area (Å²) < 4.78 is 18.6. The van der Waals surface area contributed by atoms with Gasteiger partial charge in [0.25, 0.3) is 0 Å². The molecule has 1 amide bonds. The van der Waals surface area contributed by atoms with Gasteiger partial charge in [-0.3, -0.25) is 0 Å². The fourth-order valence-electron chi connectivity index (χ4n) is 2.28. The topological polar surface area (TPSA) is 103 Å². The van der Waals surface area contributed by atoms with Crippen molar-refractivity contribution in [3.05, 3.63) is 71.0 Å². The number of ether oxygens (including phenoxy) is 1. The molecule has 0 aliphatic carbocycles. The molecule has 0 heterocycles. The molecule has 0 spiro atoms. The van der Waals surface area contributed by atoms with E-state index < -0.39 is 24.1 Å². The largest absolute Gasteiger partial charge is 0.445 e. The lowest BCUT2D eigenvalue weighted by Crippen LogP contribution is -2.29. The SMILES string of the molecule is N#Cc1ccc(C(O)C(O)CCNC(=O)OCc2ccccc2)cc1F. The number of aliphatic hydroxyl groups excluding tert-OH is 2. The minimum absolute atomic E-state index is 0.0449. The second kappa shape index (κ2) is 9.51. The normalized spacial score (nSPS) is 12.7. The molecule has 0 saturated carbocycles. The number of carbonyl (C=O) groups excluding carboxylic acids is 1. The molecule has 6 nitrogen and oxygen atoms in total. The monoisotopic (exact) mass is 358 g/mol. The molecular formula is C19H19FN2O4. The Bertz CT molecular complexity index is 777. The lowest BCUT2D eigenvalue weighted by atomic mass is 10.0. The highest BCUT2D eigenvalue weighted by Gasteiger charge is 2.19. The highest BCUT2D eigenvalue weighted by atomic mass is 19.1. The number of carbonyl (C=O) groups is 1. The van der Waals surface area contributed by atoms with E-state index in [2.05, 4.69) is 5.32 Å². The van der Waals surface area contributed by atoms with Crippen LogP contribution in [0.15, 0.2) is 48.5 Å². The molecule has 2 aromatic carbocycles. The lowest BCUT2D eigenvalue weighted by molar-refractivity contribution is 0.0135. The van der Waals surface area contributed by atoms with E-state index in [0.717, 1.165) is 11.6 Å². The summed E-state index contributed by atoms with van der Waals surface area (Å²) in [6, 6.07) is 14.5. The third-order valence-corrected chi connectivity index (χ3v) is 3.74. The minimum Gasteiger partial charge on any atom is -0.445 e. The van der Waals surface area contributed by atoms with Crippen LogP contribution in [0, 0.1) is 17.1 Å². The molecule has 0 fully saturated rings. The van der Waals surface area contributed by atoms with E-state index in [1.807, 2.05) is 30.3 Å². The first-order valence-electron chi connectivity index (χ1n) is 8.01. The fourth-order valence-corrected chi connectivity index (χ4v) is 2.28. The second-order valence-corrected chi connectivity index (χ2v) is 5.64. The molecule has 26 heavy (non-hydrogen) atoms. The number of halogens is 1. The standard InChI is InChI=1S/C19H19FN2O4/c20-16-10-14(6-7-15(16)11-21)18(24)17(23)8-9-22-19(25)26-12-13-4-2-1-3-5-13/h1-7,10,17-18,23-24H,8-9,12H2,(H,22,25). The molecule has 2 unspecified atom stereocenters. The average Bonchev–Trinajstić information content (AvgIpc) is 2.66. The zero-order valence-corrected chi connectivity index (χ0v) is 13.9. The Hall–Kier alpha value is -2.95. The molecule has 3 N–H and O–H groups in total. The fraction of sp³-hybridized carbons (Fsp3) is 0.263. The minimum atomic E-state index is -1.33. The Morgan fingerprint density at radius 1 is 1.23 bits per heavy atom. The Balaban J connectivity index is 1.75. The molecule has 2 aromatic rings. The van der Waals surface area contributed by atoms with Gasteiger partial charge in [0, 0.05) is 6.54 Å². The maximum atomic E-state index is 13.6. The summed E-state index contributed by atoms with van der Waals surface area (Å²) in [5.74, 6) is -0.765. The van der Waals surface area contributed by atoms with E-state index in [4.69, 9.17) is 10.00 Å². The second-order valence-electron chi connectivity index (χ2n) is 5.64. The number of alkyl carbamates (subject to hydrolysis) is 1. The lowest BCUT2D eigenvalue weighted by Gasteiger charge is -2.18. The number of nitriles is 1. The molecule has 2 atom stereocenters. The van der Waals surface area contributed by atoms with Gasteiger partial charge in [0.05, 0.1) is 11.7 Å². The number of nitrogens with one attached hydrogen (secondary N) is 1. The number of rotatable bonds is 7. The van der Waals surface area contributed by atoms with Gasteiger partial charge in [0.2, 0.25) is 0 Å². The smallest absolute Gasteiger partial charge is 0.407 e. The van der Waals surface area contributed by atoms with Crippen molar-refractivity contribution in [2.45, 2.75) is 25.2 Å². The summed E-state index contributed by atoms with van der Waals surface area (Å²) in [5.41, 5.74) is 0.861. The molecule has 0 aliphatic heterocycles. The van der Waals surface area contributed by atoms with Gasteiger partial charge in [-0.2, -0.15) is 5.26 Å². The van der Waals surface area contributed by atoms with Gasteiger partial charge in [-0.25, -0.2) is 9.18 Å². The predicted octanol–water partition coefficient (Wildman–Crippen LogP) is 2.41. The van der Waals surface area contributed by atoms with Gasteiger partial charge in [-0.05, 0) is 29.7 Å². The summed E-state index contributed by atoms with van der Waals surface area (Å²) in [6.07, 6.45) is -3.14. The van der Waals surface area contributed by atoms with E-state index in [0.29, 0.717) is 0 Å². The van der Waals surface area contributed by atoms with Gasteiger partial charge in [0.1, 0.15) is 24.6 Å². The van der Waals surface area contributed by atoms with Crippen molar-refractivity contribution in [3.63, 3.8) is 0 Å². The van der Waals surface area contributed by atoms with Crippen molar-refractivity contribution < 1.29 is 24.1 Å². The van der Waals surface area contributed by atoms with Gasteiger partial charge in [-0.1, -0.05) is 36.4 Å². The maximum absolute atomic E-state index is 13.6. The Labute approximate surface area is 150 Å². The summed E-state index contributed by atoms with van der Waals surface area (Å²) in [7, 11) is 0. The molecule has 2 rings (SSSR count). The first kappa shape index (κ1) is 19.4. The van der Waals surface area contributed by atoms with Crippen LogP contribution in [0.25, 0.3) is 0 Å². The Morgan fingerprint density at radius 2 is 1.96 bits per heavy atom. The third kappa shape index (κ3) is 5.55.